The van der Waals surface area contributed by atoms with E-state index >= 15 is 0 Å². The van der Waals surface area contributed by atoms with Gasteiger partial charge >= 0.3 is 11.9 Å². The monoisotopic (exact) mass is 403 g/mol. The van der Waals surface area contributed by atoms with Gasteiger partial charge in [-0.2, -0.15) is 4.31 Å². The maximum Gasteiger partial charge on any atom is 0.343 e. The summed E-state index contributed by atoms with van der Waals surface area (Å²) in [7, 11) is -2.29. The number of hydrogen-bond acceptors (Lipinski definition) is 6. The van der Waals surface area contributed by atoms with Gasteiger partial charge in [0.2, 0.25) is 10.0 Å². The van der Waals surface area contributed by atoms with Crippen molar-refractivity contribution in [2.75, 3.05) is 20.2 Å². The minimum absolute atomic E-state index is 0.152. The maximum atomic E-state index is 12.7. The van der Waals surface area contributed by atoms with Gasteiger partial charge in [0.15, 0.2) is 0 Å². The molecule has 1 aliphatic heterocycles. The molecule has 8 heteroatoms. The zero-order valence-corrected chi connectivity index (χ0v) is 16.3. The maximum absolute atomic E-state index is 12.7. The molecule has 0 N–H and O–H groups in total. The predicted octanol–water partition coefficient (Wildman–Crippen LogP) is 2.87. The van der Waals surface area contributed by atoms with Gasteiger partial charge in [-0.1, -0.05) is 12.5 Å². The standard InChI is InChI=1S/C20H21NO6S/c1-26-19(22)16-6-5-7-17(14-16)27-20(23)15-8-10-18(11-9-15)28(24,25)21-12-3-2-4-13-21/h5-11,14H,2-4,12-13H2,1H3. The van der Waals surface area contributed by atoms with Crippen LogP contribution in [0.4, 0.5) is 0 Å². The first-order valence-electron chi connectivity index (χ1n) is 8.92. The van der Waals surface area contributed by atoms with Crippen LogP contribution in [0.15, 0.2) is 53.4 Å². The van der Waals surface area contributed by atoms with Crippen molar-refractivity contribution in [1.29, 1.82) is 0 Å². The number of hydrogen-bond donors (Lipinski definition) is 0. The lowest BCUT2D eigenvalue weighted by molar-refractivity contribution is 0.0597. The number of piperidine rings is 1. The molecule has 0 saturated carbocycles. The van der Waals surface area contributed by atoms with E-state index in [1.807, 2.05) is 0 Å². The Bertz CT molecular complexity index is 962. The average molecular weight is 403 g/mol. The number of methoxy groups -OCH3 is 1. The highest BCUT2D eigenvalue weighted by Crippen LogP contribution is 2.22. The highest BCUT2D eigenvalue weighted by Gasteiger charge is 2.26. The van der Waals surface area contributed by atoms with Gasteiger partial charge in [-0.15, -0.1) is 0 Å². The zero-order valence-electron chi connectivity index (χ0n) is 15.5. The third-order valence-corrected chi connectivity index (χ3v) is 6.42. The van der Waals surface area contributed by atoms with Crippen LogP contribution in [0, 0.1) is 0 Å². The molecule has 3 rings (SSSR count). The molecule has 28 heavy (non-hydrogen) atoms. The molecule has 0 bridgehead atoms. The second-order valence-corrected chi connectivity index (χ2v) is 8.34. The smallest absolute Gasteiger partial charge is 0.343 e. The fraction of sp³-hybridized carbons (Fsp3) is 0.300. The molecule has 148 valence electrons. The number of esters is 2. The molecule has 0 radical (unpaired) electrons. The first-order valence-corrected chi connectivity index (χ1v) is 10.4. The Morgan fingerprint density at radius 1 is 0.893 bits per heavy atom. The number of carbonyl (C=O) groups is 2. The van der Waals surface area contributed by atoms with Crippen LogP contribution in [0.3, 0.4) is 0 Å². The second-order valence-electron chi connectivity index (χ2n) is 6.40. The van der Waals surface area contributed by atoms with Crippen LogP contribution in [-0.2, 0) is 14.8 Å². The van der Waals surface area contributed by atoms with Crippen molar-refractivity contribution in [3.05, 3.63) is 59.7 Å². The largest absolute Gasteiger partial charge is 0.465 e. The Labute approximate surface area is 163 Å². The molecule has 0 atom stereocenters. The van der Waals surface area contributed by atoms with Gasteiger partial charge in [-0.05, 0) is 55.3 Å². The van der Waals surface area contributed by atoms with Crippen LogP contribution < -0.4 is 4.74 Å². The summed E-state index contributed by atoms with van der Waals surface area (Å²) < 4.78 is 36.7. The van der Waals surface area contributed by atoms with Gasteiger partial charge in [0, 0.05) is 13.1 Å². The second kappa shape index (κ2) is 8.53. The lowest BCUT2D eigenvalue weighted by Crippen LogP contribution is -2.35. The van der Waals surface area contributed by atoms with Crippen LogP contribution >= 0.6 is 0 Å². The van der Waals surface area contributed by atoms with E-state index in [2.05, 4.69) is 4.74 Å². The molecule has 1 heterocycles. The van der Waals surface area contributed by atoms with Gasteiger partial charge in [0.1, 0.15) is 5.75 Å². The molecule has 2 aromatic rings. The predicted molar refractivity (Wildman–Crippen MR) is 102 cm³/mol. The fourth-order valence-electron chi connectivity index (χ4n) is 2.99. The first-order chi connectivity index (χ1) is 13.4. The van der Waals surface area contributed by atoms with Crippen molar-refractivity contribution >= 4 is 22.0 Å². The summed E-state index contributed by atoms with van der Waals surface area (Å²) in [4.78, 5) is 24.0. The van der Waals surface area contributed by atoms with Gasteiger partial charge in [0.25, 0.3) is 0 Å². The highest BCUT2D eigenvalue weighted by molar-refractivity contribution is 7.89. The van der Waals surface area contributed by atoms with Crippen molar-refractivity contribution < 1.29 is 27.5 Å². The molecule has 0 unspecified atom stereocenters. The minimum Gasteiger partial charge on any atom is -0.465 e. The molecule has 0 spiro atoms. The molecule has 0 amide bonds. The van der Waals surface area contributed by atoms with E-state index < -0.39 is 22.0 Å². The Morgan fingerprint density at radius 2 is 1.57 bits per heavy atom. The van der Waals surface area contributed by atoms with E-state index in [4.69, 9.17) is 4.74 Å². The molecule has 1 saturated heterocycles. The van der Waals surface area contributed by atoms with Gasteiger partial charge < -0.3 is 9.47 Å². The normalized spacial score (nSPS) is 15.0. The van der Waals surface area contributed by atoms with Crippen molar-refractivity contribution in [3.63, 3.8) is 0 Å². The third-order valence-electron chi connectivity index (χ3n) is 4.51. The van der Waals surface area contributed by atoms with E-state index in [1.54, 1.807) is 18.2 Å². The molecule has 1 fully saturated rings. The molecule has 0 aliphatic carbocycles. The summed E-state index contributed by atoms with van der Waals surface area (Å²) >= 11 is 0. The van der Waals surface area contributed by atoms with Crippen LogP contribution in [-0.4, -0.2) is 44.9 Å². The Hall–Kier alpha value is -2.71. The van der Waals surface area contributed by atoms with Crippen LogP contribution in [0.5, 0.6) is 5.75 Å². The molecule has 1 aliphatic rings. The topological polar surface area (TPSA) is 90.0 Å². The summed E-state index contributed by atoms with van der Waals surface area (Å²) in [6.45, 7) is 1.03. The molecular weight excluding hydrogens is 382 g/mol. The van der Waals surface area contributed by atoms with Crippen molar-refractivity contribution in [2.24, 2.45) is 0 Å². The summed E-state index contributed by atoms with van der Waals surface area (Å²) in [6.07, 6.45) is 2.75. The van der Waals surface area contributed by atoms with Gasteiger partial charge in [0.05, 0.1) is 23.1 Å². The van der Waals surface area contributed by atoms with Crippen molar-refractivity contribution in [1.82, 2.24) is 4.31 Å². The summed E-state index contributed by atoms with van der Waals surface area (Å²) in [5.41, 5.74) is 0.469. The van der Waals surface area contributed by atoms with Crippen molar-refractivity contribution in [3.8, 4) is 5.75 Å². The lowest BCUT2D eigenvalue weighted by Gasteiger charge is -2.25. The summed E-state index contributed by atoms with van der Waals surface area (Å²) in [5.74, 6) is -0.993. The number of ether oxygens (including phenoxy) is 2. The van der Waals surface area contributed by atoms with E-state index in [1.165, 1.54) is 41.7 Å². The molecular formula is C20H21NO6S. The van der Waals surface area contributed by atoms with Crippen LogP contribution in [0.1, 0.15) is 40.0 Å². The first kappa shape index (κ1) is 20.0. The SMILES string of the molecule is COC(=O)c1cccc(OC(=O)c2ccc(S(=O)(=O)N3CCCCC3)cc2)c1. The van der Waals surface area contributed by atoms with Crippen LogP contribution in [0.2, 0.25) is 0 Å². The number of nitrogens with zero attached hydrogens (tertiary/aromatic N) is 1. The lowest BCUT2D eigenvalue weighted by atomic mass is 10.2. The number of carbonyl (C=O) groups excluding carboxylic acids is 2. The summed E-state index contributed by atoms with van der Waals surface area (Å²) in [5, 5.41) is 0. The number of rotatable bonds is 5. The van der Waals surface area contributed by atoms with Crippen LogP contribution in [0.25, 0.3) is 0 Å². The van der Waals surface area contributed by atoms with Gasteiger partial charge in [-0.25, -0.2) is 18.0 Å². The van der Waals surface area contributed by atoms with Gasteiger partial charge in [-0.3, -0.25) is 0 Å². The zero-order chi connectivity index (χ0) is 20.1. The quantitative estimate of drug-likeness (QED) is 0.563. The van der Waals surface area contributed by atoms with E-state index in [-0.39, 0.29) is 21.8 Å². The molecule has 2 aromatic carbocycles. The Balaban J connectivity index is 1.73. The molecule has 7 nitrogen and oxygen atoms in total. The number of benzene rings is 2. The Kier molecular flexibility index (Phi) is 6.11. The highest BCUT2D eigenvalue weighted by atomic mass is 32.2. The minimum atomic E-state index is -3.55. The fourth-order valence-corrected chi connectivity index (χ4v) is 4.50. The van der Waals surface area contributed by atoms with Crippen molar-refractivity contribution in [2.45, 2.75) is 24.2 Å². The molecule has 0 aromatic heterocycles. The number of sulfonamides is 1. The average Bonchev–Trinajstić information content (AvgIpc) is 2.74. The summed E-state index contributed by atoms with van der Waals surface area (Å²) in [6, 6.07) is 11.7. The van der Waals surface area contributed by atoms with E-state index in [9.17, 15) is 18.0 Å². The van der Waals surface area contributed by atoms with E-state index in [0.717, 1.165) is 19.3 Å². The third kappa shape index (κ3) is 4.40. The Morgan fingerprint density at radius 3 is 2.21 bits per heavy atom. The van der Waals surface area contributed by atoms with E-state index in [0.29, 0.717) is 13.1 Å².